The van der Waals surface area contributed by atoms with E-state index in [1.54, 1.807) is 0 Å². The molecule has 1 aromatic carbocycles. The summed E-state index contributed by atoms with van der Waals surface area (Å²) in [5.41, 5.74) is 1.04. The van der Waals surface area contributed by atoms with Crippen molar-refractivity contribution in [2.75, 3.05) is 0 Å². The summed E-state index contributed by atoms with van der Waals surface area (Å²) in [4.78, 5) is 0. The van der Waals surface area contributed by atoms with Crippen LogP contribution in [-0.4, -0.2) is 0 Å². The minimum atomic E-state index is 0.756. The zero-order valence-corrected chi connectivity index (χ0v) is 10.0. The molecule has 0 amide bonds. The van der Waals surface area contributed by atoms with E-state index >= 15 is 0 Å². The molecule has 0 aliphatic rings. The number of hydrogen-bond acceptors (Lipinski definition) is 0. The monoisotopic (exact) mass is 342 g/mol. The molecule has 11 heavy (non-hydrogen) atoms. The third-order valence-electron chi connectivity index (χ3n) is 1.19. The highest BCUT2D eigenvalue weighted by molar-refractivity contribution is 14.1. The van der Waals surface area contributed by atoms with Crippen LogP contribution in [0.15, 0.2) is 32.8 Å². The molecule has 0 aliphatic heterocycles. The summed E-state index contributed by atoms with van der Waals surface area (Å²) >= 11 is 11.4. The molecule has 0 saturated heterocycles. The Kier molecular flexibility index (Phi) is 3.89. The number of benzene rings is 1. The molecule has 0 aromatic heterocycles. The van der Waals surface area contributed by atoms with Crippen LogP contribution in [0.1, 0.15) is 5.56 Å². The highest BCUT2D eigenvalue weighted by atomic mass is 127. The first-order valence-electron chi connectivity index (χ1n) is 2.98. The minimum Gasteiger partial charge on any atom is -0.0819 e. The second kappa shape index (κ2) is 4.48. The third kappa shape index (κ3) is 2.76. The van der Waals surface area contributed by atoms with Crippen molar-refractivity contribution in [3.63, 3.8) is 0 Å². The maximum atomic E-state index is 5.97. The highest BCUT2D eigenvalue weighted by Crippen LogP contribution is 2.30. The van der Waals surface area contributed by atoms with E-state index in [1.807, 2.05) is 30.3 Å². The van der Waals surface area contributed by atoms with Crippen LogP contribution >= 0.6 is 50.1 Å². The quantitative estimate of drug-likeness (QED) is 0.664. The zero-order valence-electron chi connectivity index (χ0n) is 5.52. The molecule has 3 heteroatoms. The van der Waals surface area contributed by atoms with E-state index in [0.29, 0.717) is 0 Å². The molecule has 0 atom stereocenters. The van der Waals surface area contributed by atoms with E-state index in [-0.39, 0.29) is 0 Å². The van der Waals surface area contributed by atoms with Gasteiger partial charge in [0.05, 0.1) is 7.52 Å². The molecule has 0 fully saturated rings. The Morgan fingerprint density at radius 2 is 1.82 bits per heavy atom. The van der Waals surface area contributed by atoms with Crippen molar-refractivity contribution in [1.82, 2.24) is 0 Å². The molecule has 0 unspecified atom stereocenters. The van der Waals surface area contributed by atoms with Gasteiger partial charge >= 0.3 is 0 Å². The predicted octanol–water partition coefficient (Wildman–Crippen LogP) is 4.38. The summed E-state index contributed by atoms with van der Waals surface area (Å²) in [6.45, 7) is 0. The Hall–Kier alpha value is 0.460. The van der Waals surface area contributed by atoms with Crippen LogP contribution in [-0.2, 0) is 0 Å². The van der Waals surface area contributed by atoms with Crippen LogP contribution in [0.4, 0.5) is 0 Å². The van der Waals surface area contributed by atoms with Gasteiger partial charge in [-0.1, -0.05) is 41.9 Å². The topological polar surface area (TPSA) is 0 Å². The lowest BCUT2D eigenvalue weighted by atomic mass is 10.2. The maximum Gasteiger partial charge on any atom is 0.0751 e. The van der Waals surface area contributed by atoms with Gasteiger partial charge < -0.3 is 0 Å². The Labute approximate surface area is 92.9 Å². The fourth-order valence-corrected chi connectivity index (χ4v) is 1.36. The molecule has 0 bridgehead atoms. The molecule has 58 valence electrons. The van der Waals surface area contributed by atoms with Crippen LogP contribution in [0.5, 0.6) is 0 Å². The fraction of sp³-hybridized carbons (Fsp3) is 0. The third-order valence-corrected chi connectivity index (χ3v) is 3.08. The van der Waals surface area contributed by atoms with Crippen molar-refractivity contribution >= 4 is 55.2 Å². The Balaban J connectivity index is 3.04. The van der Waals surface area contributed by atoms with Crippen LogP contribution < -0.4 is 0 Å². The van der Waals surface area contributed by atoms with Gasteiger partial charge in [-0.3, -0.25) is 0 Å². The van der Waals surface area contributed by atoms with Crippen molar-refractivity contribution < 1.29 is 0 Å². The summed E-state index contributed by atoms with van der Waals surface area (Å²) in [5, 5.41) is 0.756. The zero-order chi connectivity index (χ0) is 8.27. The van der Waals surface area contributed by atoms with E-state index in [9.17, 15) is 0 Å². The van der Waals surface area contributed by atoms with Crippen molar-refractivity contribution in [3.8, 4) is 0 Å². The summed E-state index contributed by atoms with van der Waals surface area (Å²) in [7, 11) is 0. The van der Waals surface area contributed by atoms with Gasteiger partial charge in [0.15, 0.2) is 0 Å². The number of hydrogen-bond donors (Lipinski definition) is 0. The molecule has 0 N–H and O–H groups in total. The van der Waals surface area contributed by atoms with E-state index in [4.69, 9.17) is 11.6 Å². The molecule has 1 aromatic rings. The lowest BCUT2D eigenvalue weighted by Crippen LogP contribution is -1.74. The Morgan fingerprint density at radius 3 is 2.27 bits per heavy atom. The molecular weight excluding hydrogens is 338 g/mol. The molecule has 0 spiro atoms. The van der Waals surface area contributed by atoms with Gasteiger partial charge in [0.25, 0.3) is 0 Å². The van der Waals surface area contributed by atoms with E-state index in [1.165, 1.54) is 0 Å². The SMILES string of the molecule is ClC(=C(Br)I)c1ccccc1. The maximum absolute atomic E-state index is 5.97. The van der Waals surface area contributed by atoms with Crippen molar-refractivity contribution in [3.05, 3.63) is 38.4 Å². The summed E-state index contributed by atoms with van der Waals surface area (Å²) < 4.78 is 0.933. The average Bonchev–Trinajstić information content (AvgIpc) is 2.05. The van der Waals surface area contributed by atoms with Crippen LogP contribution in [0.3, 0.4) is 0 Å². The Morgan fingerprint density at radius 1 is 1.27 bits per heavy atom. The van der Waals surface area contributed by atoms with Crippen molar-refractivity contribution in [2.24, 2.45) is 0 Å². The fourth-order valence-electron chi connectivity index (χ4n) is 0.694. The van der Waals surface area contributed by atoms with E-state index in [2.05, 4.69) is 38.5 Å². The second-order valence-corrected chi connectivity index (χ2v) is 5.67. The predicted molar refractivity (Wildman–Crippen MR) is 62.2 cm³/mol. The van der Waals surface area contributed by atoms with Gasteiger partial charge in [-0.25, -0.2) is 0 Å². The molecule has 0 nitrogen and oxygen atoms in total. The van der Waals surface area contributed by atoms with Gasteiger partial charge in [0.2, 0.25) is 0 Å². The number of rotatable bonds is 1. The highest BCUT2D eigenvalue weighted by Gasteiger charge is 1.99. The summed E-state index contributed by atoms with van der Waals surface area (Å²) in [5.74, 6) is 0. The van der Waals surface area contributed by atoms with E-state index in [0.717, 1.165) is 13.1 Å². The van der Waals surface area contributed by atoms with Crippen LogP contribution in [0.25, 0.3) is 5.03 Å². The lowest BCUT2D eigenvalue weighted by molar-refractivity contribution is 1.65. The summed E-state index contributed by atoms with van der Waals surface area (Å²) in [6.07, 6.45) is 0. The largest absolute Gasteiger partial charge is 0.0819 e. The van der Waals surface area contributed by atoms with E-state index < -0.39 is 0 Å². The first kappa shape index (κ1) is 9.55. The van der Waals surface area contributed by atoms with Crippen LogP contribution in [0, 0.1) is 0 Å². The van der Waals surface area contributed by atoms with Gasteiger partial charge in [-0.2, -0.15) is 0 Å². The van der Waals surface area contributed by atoms with Crippen molar-refractivity contribution in [2.45, 2.75) is 0 Å². The standard InChI is InChI=1S/C8H5BrClI/c9-8(11)7(10)6-4-2-1-3-5-6/h1-5H. The van der Waals surface area contributed by atoms with Gasteiger partial charge in [-0.05, 0) is 44.1 Å². The normalized spacial score (nSPS) is 12.6. The van der Waals surface area contributed by atoms with Gasteiger partial charge in [0.1, 0.15) is 0 Å². The van der Waals surface area contributed by atoms with Gasteiger partial charge in [0, 0.05) is 0 Å². The smallest absolute Gasteiger partial charge is 0.0751 e. The van der Waals surface area contributed by atoms with Crippen molar-refractivity contribution in [1.29, 1.82) is 0 Å². The molecule has 0 aliphatic carbocycles. The Bertz CT molecular complexity index is 265. The molecule has 0 radical (unpaired) electrons. The summed E-state index contributed by atoms with van der Waals surface area (Å²) in [6, 6.07) is 9.84. The first-order chi connectivity index (χ1) is 5.22. The average molecular weight is 343 g/mol. The number of halogens is 3. The lowest BCUT2D eigenvalue weighted by Gasteiger charge is -1.97. The first-order valence-corrected chi connectivity index (χ1v) is 5.23. The van der Waals surface area contributed by atoms with Gasteiger partial charge in [-0.15, -0.1) is 0 Å². The molecule has 0 heterocycles. The van der Waals surface area contributed by atoms with Crippen LogP contribution in [0.2, 0.25) is 0 Å². The second-order valence-electron chi connectivity index (χ2n) is 1.94. The molecule has 1 rings (SSSR count). The minimum absolute atomic E-state index is 0.756. The molecular formula is C8H5BrClI. The molecule has 0 saturated carbocycles.